The van der Waals surface area contributed by atoms with Crippen LogP contribution in [0, 0.1) is 20.7 Å². The Kier molecular flexibility index (Phi) is 0.718. The molecule has 1 heteroatoms. The zero-order valence-corrected chi connectivity index (χ0v) is 5.80. The molecule has 0 saturated carbocycles. The van der Waals surface area contributed by atoms with Gasteiger partial charge < -0.3 is 0 Å². The van der Waals surface area contributed by atoms with E-state index in [-0.39, 0.29) is 0 Å². The lowest BCUT2D eigenvalue weighted by atomic mass is 10.3. The van der Waals surface area contributed by atoms with Crippen molar-refractivity contribution in [2.24, 2.45) is 0 Å². The van der Waals surface area contributed by atoms with Gasteiger partial charge in [0.25, 0.3) is 0 Å². The summed E-state index contributed by atoms with van der Waals surface area (Å²) in [4.78, 5) is 1.59. The Balaban J connectivity index is 3.08. The largest absolute Gasteiger partial charge is 0.146 e. The van der Waals surface area contributed by atoms with Crippen molar-refractivity contribution in [2.45, 2.75) is 20.7 Å². The molecule has 1 heterocycles. The van der Waals surface area contributed by atoms with Crippen LogP contribution in [0.25, 0.3) is 0 Å². The summed E-state index contributed by atoms with van der Waals surface area (Å²) in [6.45, 7) is 1.94. The van der Waals surface area contributed by atoms with Crippen LogP contribution in [0.3, 0.4) is 0 Å². The fourth-order valence-electron chi connectivity index (χ4n) is 0.573. The average Bonchev–Trinajstić information content (AvgIpc) is 2.11. The van der Waals surface area contributed by atoms with Crippen molar-refractivity contribution in [1.82, 2.24) is 0 Å². The minimum absolute atomic E-state index is 0.493. The summed E-state index contributed by atoms with van der Waals surface area (Å²) in [6.07, 6.45) is 0. The molecule has 1 rings (SSSR count). The van der Waals surface area contributed by atoms with Crippen LogP contribution < -0.4 is 0 Å². The number of thiophene rings is 1. The molecule has 0 bridgehead atoms. The van der Waals surface area contributed by atoms with Crippen molar-refractivity contribution in [3.8, 4) is 0 Å². The van der Waals surface area contributed by atoms with Crippen molar-refractivity contribution in [2.75, 3.05) is 0 Å². The lowest BCUT2D eigenvalue weighted by Gasteiger charge is -1.79. The van der Waals surface area contributed by atoms with E-state index in [1.54, 1.807) is 6.07 Å². The first kappa shape index (κ1) is 3.02. The molecular weight excluding hydrogens is 116 g/mol. The second-order valence-corrected chi connectivity index (χ2v) is 3.11. The zero-order valence-electron chi connectivity index (χ0n) is 7.99. The second kappa shape index (κ2) is 1.90. The van der Waals surface area contributed by atoms with Gasteiger partial charge in [-0.15, -0.1) is 11.3 Å². The molecule has 1 aromatic rings. The minimum Gasteiger partial charge on any atom is -0.146 e. The molecule has 0 aromatic carbocycles. The van der Waals surface area contributed by atoms with Crippen LogP contribution in [0.2, 0.25) is 0 Å². The summed E-state index contributed by atoms with van der Waals surface area (Å²) >= 11 is 1.36. The molecule has 0 radical (unpaired) electrons. The summed E-state index contributed by atoms with van der Waals surface area (Å²) in [5, 5.41) is 0. The Bertz CT molecular complexity index is 240. The van der Waals surface area contributed by atoms with E-state index in [9.17, 15) is 0 Å². The van der Waals surface area contributed by atoms with Crippen LogP contribution >= 0.6 is 11.3 Å². The van der Waals surface area contributed by atoms with E-state index < -0.39 is 6.85 Å². The summed E-state index contributed by atoms with van der Waals surface area (Å²) in [5.74, 6) is 0. The van der Waals surface area contributed by atoms with Crippen molar-refractivity contribution >= 4 is 11.3 Å². The van der Waals surface area contributed by atoms with Crippen LogP contribution in [0.15, 0.2) is 6.07 Å². The van der Waals surface area contributed by atoms with Gasteiger partial charge in [0.15, 0.2) is 0 Å². The Labute approximate surface area is 58.4 Å². The van der Waals surface area contributed by atoms with E-state index in [1.165, 1.54) is 11.3 Å². The van der Waals surface area contributed by atoms with Gasteiger partial charge in [0.2, 0.25) is 0 Å². The van der Waals surface area contributed by atoms with E-state index >= 15 is 0 Å². The van der Waals surface area contributed by atoms with Crippen LogP contribution in [0.1, 0.15) is 19.4 Å². The second-order valence-electron chi connectivity index (χ2n) is 1.85. The number of rotatable bonds is 0. The molecule has 44 valence electrons. The van der Waals surface area contributed by atoms with Crippen LogP contribution in [-0.4, -0.2) is 0 Å². The SMILES string of the molecule is [2H]C([2H])([2H])c1cc(C)c(C)s1. The van der Waals surface area contributed by atoms with E-state index in [1.807, 2.05) is 13.8 Å². The molecule has 0 spiro atoms. The maximum absolute atomic E-state index is 7.13. The quantitative estimate of drug-likeness (QED) is 0.505. The highest BCUT2D eigenvalue weighted by Crippen LogP contribution is 2.18. The normalized spacial score (nSPS) is 17.0. The molecule has 0 nitrogen and oxygen atoms in total. The number of hydrogen-bond acceptors (Lipinski definition) is 1. The first-order chi connectivity index (χ1) is 4.91. The first-order valence-electron chi connectivity index (χ1n) is 3.99. The van der Waals surface area contributed by atoms with Crippen molar-refractivity contribution < 1.29 is 4.11 Å². The molecule has 8 heavy (non-hydrogen) atoms. The lowest BCUT2D eigenvalue weighted by molar-refractivity contribution is 1.43. The third-order valence-electron chi connectivity index (χ3n) is 1.17. The van der Waals surface area contributed by atoms with Crippen LogP contribution in [0.4, 0.5) is 0 Å². The monoisotopic (exact) mass is 129 g/mol. The standard InChI is InChI=1S/C7H10S/c1-5-4-6(2)8-7(5)3/h4H,1-3H3/i2D3. The number of hydrogen-bond donors (Lipinski definition) is 0. The molecule has 0 aliphatic carbocycles. The van der Waals surface area contributed by atoms with Gasteiger partial charge in [-0.1, -0.05) is 0 Å². The van der Waals surface area contributed by atoms with Gasteiger partial charge in [-0.25, -0.2) is 0 Å². The fourth-order valence-corrected chi connectivity index (χ4v) is 1.36. The van der Waals surface area contributed by atoms with Gasteiger partial charge in [-0.3, -0.25) is 0 Å². The molecule has 0 saturated heterocycles. The molecule has 0 N–H and O–H groups in total. The highest BCUT2D eigenvalue weighted by Gasteiger charge is 1.93. The molecule has 0 fully saturated rings. The van der Waals surface area contributed by atoms with Gasteiger partial charge >= 0.3 is 0 Å². The van der Waals surface area contributed by atoms with E-state index in [0.717, 1.165) is 10.4 Å². The third kappa shape index (κ3) is 0.920. The Morgan fingerprint density at radius 1 is 1.62 bits per heavy atom. The van der Waals surface area contributed by atoms with Gasteiger partial charge in [0.05, 0.1) is 0 Å². The molecule has 0 atom stereocenters. The molecule has 0 unspecified atom stereocenters. The van der Waals surface area contributed by atoms with E-state index in [4.69, 9.17) is 4.11 Å². The smallest absolute Gasteiger partial charge is 0.0288 e. The third-order valence-corrected chi connectivity index (χ3v) is 2.13. The predicted molar refractivity (Wildman–Crippen MR) is 38.5 cm³/mol. The Morgan fingerprint density at radius 3 is 2.62 bits per heavy atom. The molecule has 0 aliphatic heterocycles. The van der Waals surface area contributed by atoms with Crippen molar-refractivity contribution in [1.29, 1.82) is 0 Å². The van der Waals surface area contributed by atoms with Gasteiger partial charge in [0.1, 0.15) is 0 Å². The molecule has 1 aromatic heterocycles. The summed E-state index contributed by atoms with van der Waals surface area (Å²) < 4.78 is 21.4. The summed E-state index contributed by atoms with van der Waals surface area (Å²) in [7, 11) is 0. The van der Waals surface area contributed by atoms with Gasteiger partial charge in [-0.2, -0.15) is 0 Å². The van der Waals surface area contributed by atoms with E-state index in [2.05, 4.69) is 0 Å². The predicted octanol–water partition coefficient (Wildman–Crippen LogP) is 2.67. The Hall–Kier alpha value is -0.300. The minimum atomic E-state index is -1.93. The van der Waals surface area contributed by atoms with E-state index in [0.29, 0.717) is 4.88 Å². The molecular formula is C7H10S. The first-order valence-corrected chi connectivity index (χ1v) is 3.30. The Morgan fingerprint density at radius 2 is 2.38 bits per heavy atom. The van der Waals surface area contributed by atoms with Crippen LogP contribution in [-0.2, 0) is 0 Å². The van der Waals surface area contributed by atoms with Gasteiger partial charge in [-0.05, 0) is 32.3 Å². The maximum Gasteiger partial charge on any atom is 0.0288 e. The molecule has 0 amide bonds. The van der Waals surface area contributed by atoms with Gasteiger partial charge in [0, 0.05) is 13.9 Å². The summed E-state index contributed by atoms with van der Waals surface area (Å²) in [5.41, 5.74) is 1.07. The zero-order chi connectivity index (χ0) is 8.65. The maximum atomic E-state index is 7.13. The number of aryl methyl sites for hydroxylation is 3. The highest BCUT2D eigenvalue weighted by atomic mass is 32.1. The lowest BCUT2D eigenvalue weighted by Crippen LogP contribution is -1.62. The highest BCUT2D eigenvalue weighted by molar-refractivity contribution is 7.12. The topological polar surface area (TPSA) is 0 Å². The summed E-state index contributed by atoms with van der Waals surface area (Å²) in [6, 6.07) is 1.74. The van der Waals surface area contributed by atoms with Crippen molar-refractivity contribution in [3.05, 3.63) is 21.4 Å². The van der Waals surface area contributed by atoms with Crippen molar-refractivity contribution in [3.63, 3.8) is 0 Å². The fraction of sp³-hybridized carbons (Fsp3) is 0.429. The average molecular weight is 129 g/mol. The van der Waals surface area contributed by atoms with Crippen LogP contribution in [0.5, 0.6) is 0 Å². The molecule has 0 aliphatic rings.